The van der Waals surface area contributed by atoms with Gasteiger partial charge in [-0.25, -0.2) is 4.99 Å². The number of methoxy groups -OCH3 is 1. The molecule has 2 aromatic rings. The van der Waals surface area contributed by atoms with Crippen LogP contribution in [0.3, 0.4) is 0 Å². The van der Waals surface area contributed by atoms with Gasteiger partial charge in [0.1, 0.15) is 11.0 Å². The lowest BCUT2D eigenvalue weighted by Gasteiger charge is -2.30. The third-order valence-electron chi connectivity index (χ3n) is 3.90. The molecule has 1 N–H and O–H groups in total. The van der Waals surface area contributed by atoms with E-state index in [4.69, 9.17) is 4.74 Å². The monoisotopic (exact) mass is 370 g/mol. The molecule has 1 aliphatic heterocycles. The van der Waals surface area contributed by atoms with Gasteiger partial charge in [0.05, 0.1) is 25.8 Å². The number of nitrogens with zero attached hydrogens (tertiary/aromatic N) is 2. The topological polar surface area (TPSA) is 79.2 Å². The van der Waals surface area contributed by atoms with Gasteiger partial charge in [-0.05, 0) is 29.8 Å². The zero-order valence-corrected chi connectivity index (χ0v) is 15.0. The lowest BCUT2D eigenvalue weighted by Crippen LogP contribution is -2.43. The molecule has 0 saturated carbocycles. The van der Waals surface area contributed by atoms with E-state index in [-0.39, 0.29) is 12.3 Å². The lowest BCUT2D eigenvalue weighted by atomic mass is 10.2. The van der Waals surface area contributed by atoms with Crippen LogP contribution >= 0.6 is 11.8 Å². The van der Waals surface area contributed by atoms with Crippen molar-refractivity contribution in [3.8, 4) is 5.75 Å². The van der Waals surface area contributed by atoms with Crippen molar-refractivity contribution in [2.45, 2.75) is 18.2 Å². The summed E-state index contributed by atoms with van der Waals surface area (Å²) in [6, 6.07) is 16.6. The number of carboxylic acid groups (broad SMARTS) is 1. The van der Waals surface area contributed by atoms with Crippen LogP contribution in [0.2, 0.25) is 0 Å². The first kappa shape index (κ1) is 18.0. The van der Waals surface area contributed by atoms with Crippen LogP contribution in [-0.2, 0) is 16.1 Å². The first-order valence-corrected chi connectivity index (χ1v) is 8.91. The molecule has 1 aliphatic rings. The van der Waals surface area contributed by atoms with Crippen LogP contribution in [0.4, 0.5) is 5.69 Å². The molecule has 2 aromatic carbocycles. The standard InChI is InChI=1S/C19H18N2O4S/c1-25-15-9-7-13(8-10-15)12-21-17(22)11-16(18(23)24)26-19(21)20-14-5-3-2-4-6-14/h2-10,16H,11-12H2,1H3,(H,23,24)/t16-/m0/s1. The number of amides is 1. The van der Waals surface area contributed by atoms with Crippen molar-refractivity contribution in [2.24, 2.45) is 4.99 Å². The van der Waals surface area contributed by atoms with Gasteiger partial charge in [-0.3, -0.25) is 14.5 Å². The number of aliphatic imine (C=N–C) groups is 1. The fraction of sp³-hybridized carbons (Fsp3) is 0.211. The molecular formula is C19H18N2O4S. The molecule has 7 heteroatoms. The highest BCUT2D eigenvalue weighted by molar-refractivity contribution is 8.15. The first-order valence-electron chi connectivity index (χ1n) is 8.03. The molecule has 1 saturated heterocycles. The Kier molecular flexibility index (Phi) is 5.58. The van der Waals surface area contributed by atoms with Gasteiger partial charge in [0, 0.05) is 0 Å². The molecule has 0 radical (unpaired) electrons. The largest absolute Gasteiger partial charge is 0.497 e. The smallest absolute Gasteiger partial charge is 0.317 e. The van der Waals surface area contributed by atoms with Crippen LogP contribution in [0.15, 0.2) is 59.6 Å². The van der Waals surface area contributed by atoms with E-state index in [1.165, 1.54) is 0 Å². The van der Waals surface area contributed by atoms with Gasteiger partial charge in [-0.2, -0.15) is 0 Å². The summed E-state index contributed by atoms with van der Waals surface area (Å²) < 4.78 is 5.15. The summed E-state index contributed by atoms with van der Waals surface area (Å²) in [5, 5.41) is 8.89. The van der Waals surface area contributed by atoms with Crippen molar-refractivity contribution < 1.29 is 19.4 Å². The predicted octanol–water partition coefficient (Wildman–Crippen LogP) is 3.30. The number of aliphatic carboxylic acids is 1. The van der Waals surface area contributed by atoms with Gasteiger partial charge in [0.15, 0.2) is 5.17 Å². The number of carboxylic acids is 1. The lowest BCUT2D eigenvalue weighted by molar-refractivity contribution is -0.139. The van der Waals surface area contributed by atoms with E-state index in [9.17, 15) is 14.7 Å². The quantitative estimate of drug-likeness (QED) is 0.874. The van der Waals surface area contributed by atoms with Crippen molar-refractivity contribution >= 4 is 34.5 Å². The summed E-state index contributed by atoms with van der Waals surface area (Å²) in [5.74, 6) is -0.521. The Morgan fingerprint density at radius 1 is 1.23 bits per heavy atom. The molecule has 0 unspecified atom stereocenters. The Hall–Kier alpha value is -2.80. The minimum atomic E-state index is -1.01. The van der Waals surface area contributed by atoms with E-state index >= 15 is 0 Å². The van der Waals surface area contributed by atoms with Gasteiger partial charge < -0.3 is 9.84 Å². The van der Waals surface area contributed by atoms with Crippen molar-refractivity contribution in [3.05, 3.63) is 60.2 Å². The normalized spacial score (nSPS) is 18.8. The highest BCUT2D eigenvalue weighted by Gasteiger charge is 2.35. The molecular weight excluding hydrogens is 352 g/mol. The van der Waals surface area contributed by atoms with Gasteiger partial charge in [0.25, 0.3) is 0 Å². The Morgan fingerprint density at radius 3 is 2.54 bits per heavy atom. The molecule has 6 nitrogen and oxygen atoms in total. The van der Waals surface area contributed by atoms with Crippen LogP contribution < -0.4 is 4.74 Å². The zero-order valence-electron chi connectivity index (χ0n) is 14.2. The molecule has 0 spiro atoms. The molecule has 1 fully saturated rings. The number of para-hydroxylation sites is 1. The summed E-state index contributed by atoms with van der Waals surface area (Å²) >= 11 is 1.10. The number of hydrogen-bond acceptors (Lipinski definition) is 5. The van der Waals surface area contributed by atoms with Gasteiger partial charge in [-0.15, -0.1) is 0 Å². The first-order chi connectivity index (χ1) is 12.6. The zero-order chi connectivity index (χ0) is 18.5. The minimum absolute atomic E-state index is 0.0516. The third kappa shape index (κ3) is 4.23. The van der Waals surface area contributed by atoms with Gasteiger partial charge in [-0.1, -0.05) is 42.1 Å². The number of hydrogen-bond donors (Lipinski definition) is 1. The SMILES string of the molecule is COc1ccc(CN2C(=O)C[C@@H](C(=O)O)SC2=Nc2ccccc2)cc1. The van der Waals surface area contributed by atoms with E-state index in [0.29, 0.717) is 17.4 Å². The van der Waals surface area contributed by atoms with E-state index in [1.54, 1.807) is 12.0 Å². The van der Waals surface area contributed by atoms with Crippen LogP contribution in [0.25, 0.3) is 0 Å². The number of ether oxygens (including phenoxy) is 1. The summed E-state index contributed by atoms with van der Waals surface area (Å²) in [4.78, 5) is 30.0. The molecule has 1 atom stereocenters. The number of thioether (sulfide) groups is 1. The van der Waals surface area contributed by atoms with Crippen LogP contribution in [-0.4, -0.2) is 39.4 Å². The second kappa shape index (κ2) is 8.05. The van der Waals surface area contributed by atoms with Crippen molar-refractivity contribution in [1.29, 1.82) is 0 Å². The number of amidine groups is 1. The Morgan fingerprint density at radius 2 is 1.92 bits per heavy atom. The number of rotatable bonds is 5. The van der Waals surface area contributed by atoms with Crippen LogP contribution in [0, 0.1) is 0 Å². The minimum Gasteiger partial charge on any atom is -0.497 e. The average Bonchev–Trinajstić information content (AvgIpc) is 2.65. The summed E-state index contributed by atoms with van der Waals surface area (Å²) in [6.45, 7) is 0.327. The van der Waals surface area contributed by atoms with E-state index < -0.39 is 11.2 Å². The van der Waals surface area contributed by atoms with Gasteiger partial charge in [0.2, 0.25) is 5.91 Å². The molecule has 1 amide bonds. The molecule has 3 rings (SSSR count). The maximum absolute atomic E-state index is 12.6. The Bertz CT molecular complexity index is 821. The third-order valence-corrected chi connectivity index (χ3v) is 5.07. The summed E-state index contributed by atoms with van der Waals surface area (Å²) in [5.41, 5.74) is 1.59. The van der Waals surface area contributed by atoms with Crippen molar-refractivity contribution in [1.82, 2.24) is 4.90 Å². The molecule has 1 heterocycles. The van der Waals surface area contributed by atoms with Crippen molar-refractivity contribution in [3.63, 3.8) is 0 Å². The van der Waals surface area contributed by atoms with Gasteiger partial charge >= 0.3 is 5.97 Å². The highest BCUT2D eigenvalue weighted by atomic mass is 32.2. The Balaban J connectivity index is 1.89. The van der Waals surface area contributed by atoms with E-state index in [1.807, 2.05) is 54.6 Å². The second-order valence-electron chi connectivity index (χ2n) is 5.71. The maximum Gasteiger partial charge on any atom is 0.317 e. The molecule has 26 heavy (non-hydrogen) atoms. The fourth-order valence-electron chi connectivity index (χ4n) is 2.51. The number of carbonyl (C=O) groups is 2. The summed E-state index contributed by atoms with van der Waals surface area (Å²) in [6.07, 6.45) is -0.0516. The molecule has 0 aliphatic carbocycles. The molecule has 134 valence electrons. The van der Waals surface area contributed by atoms with E-state index in [0.717, 1.165) is 23.1 Å². The molecule has 0 aromatic heterocycles. The second-order valence-corrected chi connectivity index (χ2v) is 6.88. The highest BCUT2D eigenvalue weighted by Crippen LogP contribution is 2.30. The van der Waals surface area contributed by atoms with Crippen LogP contribution in [0.1, 0.15) is 12.0 Å². The number of benzene rings is 2. The average molecular weight is 370 g/mol. The molecule has 0 bridgehead atoms. The predicted molar refractivity (Wildman–Crippen MR) is 101 cm³/mol. The van der Waals surface area contributed by atoms with Crippen molar-refractivity contribution in [2.75, 3.05) is 7.11 Å². The summed E-state index contributed by atoms with van der Waals surface area (Å²) in [7, 11) is 1.59. The van der Waals surface area contributed by atoms with E-state index in [2.05, 4.69) is 4.99 Å². The fourth-order valence-corrected chi connectivity index (χ4v) is 3.55. The Labute approximate surface area is 155 Å². The number of carbonyl (C=O) groups excluding carboxylic acids is 1. The maximum atomic E-state index is 12.6. The van der Waals surface area contributed by atoms with Crippen LogP contribution in [0.5, 0.6) is 5.75 Å².